The van der Waals surface area contributed by atoms with Crippen LogP contribution in [0.3, 0.4) is 0 Å². The van der Waals surface area contributed by atoms with Crippen molar-refractivity contribution in [2.45, 2.75) is 33.2 Å². The Balaban J connectivity index is 2.99. The highest BCUT2D eigenvalue weighted by molar-refractivity contribution is 7.80. The highest BCUT2D eigenvalue weighted by atomic mass is 32.1. The number of aliphatic hydroxyl groups excluding tert-OH is 1. The smallest absolute Gasteiger partial charge is 0.104 e. The Bertz CT molecular complexity index is 418. The van der Waals surface area contributed by atoms with E-state index in [0.717, 1.165) is 29.8 Å². The van der Waals surface area contributed by atoms with Crippen molar-refractivity contribution in [3.8, 4) is 0 Å². The highest BCUT2D eigenvalue weighted by Gasteiger charge is 2.11. The van der Waals surface area contributed by atoms with Gasteiger partial charge in [-0.2, -0.15) is 0 Å². The summed E-state index contributed by atoms with van der Waals surface area (Å²) in [5, 5.41) is 8.96. The number of aryl methyl sites for hydroxylation is 1. The molecular formula is C14H22N2OS. The number of anilines is 1. The summed E-state index contributed by atoms with van der Waals surface area (Å²) in [6.07, 6.45) is 0.772. The van der Waals surface area contributed by atoms with Crippen LogP contribution in [0.1, 0.15) is 31.4 Å². The summed E-state index contributed by atoms with van der Waals surface area (Å²) in [4.78, 5) is 2.71. The molecule has 0 fully saturated rings. The Labute approximate surface area is 115 Å². The quantitative estimate of drug-likeness (QED) is 0.775. The van der Waals surface area contributed by atoms with Crippen molar-refractivity contribution >= 4 is 22.9 Å². The zero-order chi connectivity index (χ0) is 13.7. The lowest BCUT2D eigenvalue weighted by Gasteiger charge is -2.29. The molecule has 0 aliphatic rings. The maximum atomic E-state index is 8.96. The molecule has 3 nitrogen and oxygen atoms in total. The first kappa shape index (κ1) is 14.9. The predicted molar refractivity (Wildman–Crippen MR) is 81.3 cm³/mol. The van der Waals surface area contributed by atoms with Gasteiger partial charge in [-0.3, -0.25) is 0 Å². The number of thiocarbonyl (C=S) groups is 1. The SMILES string of the molecule is Cc1cc(N(CCCO)C(C)C)ccc1C(N)=S. The summed E-state index contributed by atoms with van der Waals surface area (Å²) >= 11 is 5.01. The van der Waals surface area contributed by atoms with Gasteiger partial charge in [-0.05, 0) is 51.0 Å². The molecule has 0 saturated carbocycles. The first-order valence-corrected chi connectivity index (χ1v) is 6.66. The van der Waals surface area contributed by atoms with Crippen LogP contribution in [0.25, 0.3) is 0 Å². The molecule has 0 aliphatic heterocycles. The molecule has 0 atom stereocenters. The van der Waals surface area contributed by atoms with E-state index in [-0.39, 0.29) is 6.61 Å². The van der Waals surface area contributed by atoms with E-state index in [0.29, 0.717) is 11.0 Å². The standard InChI is InChI=1S/C14H22N2OS/c1-10(2)16(7-4-8-17)12-5-6-13(14(15)18)11(3)9-12/h5-6,9-10,17H,4,7-8H2,1-3H3,(H2,15,18). The largest absolute Gasteiger partial charge is 0.396 e. The summed E-state index contributed by atoms with van der Waals surface area (Å²) in [5.41, 5.74) is 8.84. The molecule has 1 rings (SSSR count). The maximum Gasteiger partial charge on any atom is 0.104 e. The van der Waals surface area contributed by atoms with Crippen molar-refractivity contribution in [1.82, 2.24) is 0 Å². The average Bonchev–Trinajstić information content (AvgIpc) is 2.28. The van der Waals surface area contributed by atoms with Crippen LogP contribution in [0.15, 0.2) is 18.2 Å². The zero-order valence-electron chi connectivity index (χ0n) is 11.3. The zero-order valence-corrected chi connectivity index (χ0v) is 12.1. The van der Waals surface area contributed by atoms with Crippen molar-refractivity contribution in [3.63, 3.8) is 0 Å². The molecule has 1 aromatic carbocycles. The van der Waals surface area contributed by atoms with Crippen molar-refractivity contribution < 1.29 is 5.11 Å². The number of benzene rings is 1. The Morgan fingerprint density at radius 1 is 1.44 bits per heavy atom. The lowest BCUT2D eigenvalue weighted by atomic mass is 10.1. The van der Waals surface area contributed by atoms with Gasteiger partial charge in [0.05, 0.1) is 0 Å². The minimum atomic E-state index is 0.215. The molecule has 18 heavy (non-hydrogen) atoms. The van der Waals surface area contributed by atoms with E-state index in [1.807, 2.05) is 19.1 Å². The van der Waals surface area contributed by atoms with E-state index in [2.05, 4.69) is 24.8 Å². The molecule has 0 spiro atoms. The van der Waals surface area contributed by atoms with Gasteiger partial charge in [-0.1, -0.05) is 12.2 Å². The van der Waals surface area contributed by atoms with Gasteiger partial charge >= 0.3 is 0 Å². The van der Waals surface area contributed by atoms with Gasteiger partial charge in [-0.25, -0.2) is 0 Å². The van der Waals surface area contributed by atoms with Crippen LogP contribution in [-0.2, 0) is 0 Å². The summed E-state index contributed by atoms with van der Waals surface area (Å²) < 4.78 is 0. The molecule has 1 aromatic rings. The second kappa shape index (κ2) is 6.71. The van der Waals surface area contributed by atoms with Crippen molar-refractivity contribution in [2.75, 3.05) is 18.1 Å². The van der Waals surface area contributed by atoms with E-state index >= 15 is 0 Å². The molecule has 0 unspecified atom stereocenters. The summed E-state index contributed by atoms with van der Waals surface area (Å²) in [6.45, 7) is 7.37. The lowest BCUT2D eigenvalue weighted by Crippen LogP contribution is -2.32. The molecule has 0 radical (unpaired) electrons. The first-order valence-electron chi connectivity index (χ1n) is 6.25. The van der Waals surface area contributed by atoms with Crippen LogP contribution in [0.5, 0.6) is 0 Å². The van der Waals surface area contributed by atoms with Gasteiger partial charge in [-0.15, -0.1) is 0 Å². The number of rotatable bonds is 6. The Morgan fingerprint density at radius 3 is 2.56 bits per heavy atom. The summed E-state index contributed by atoms with van der Waals surface area (Å²) in [5.74, 6) is 0. The average molecular weight is 266 g/mol. The van der Waals surface area contributed by atoms with Crippen molar-refractivity contribution in [1.29, 1.82) is 0 Å². The van der Waals surface area contributed by atoms with E-state index in [9.17, 15) is 0 Å². The summed E-state index contributed by atoms with van der Waals surface area (Å²) in [6, 6.07) is 6.51. The fourth-order valence-electron chi connectivity index (χ4n) is 2.03. The third kappa shape index (κ3) is 3.68. The topological polar surface area (TPSA) is 49.5 Å². The number of hydrogen-bond acceptors (Lipinski definition) is 3. The Hall–Kier alpha value is -1.13. The minimum absolute atomic E-state index is 0.215. The number of hydrogen-bond donors (Lipinski definition) is 2. The van der Waals surface area contributed by atoms with Crippen LogP contribution >= 0.6 is 12.2 Å². The third-order valence-electron chi connectivity index (χ3n) is 2.99. The van der Waals surface area contributed by atoms with Gasteiger partial charge in [0.15, 0.2) is 0 Å². The van der Waals surface area contributed by atoms with E-state index in [1.165, 1.54) is 0 Å². The maximum absolute atomic E-state index is 8.96. The molecule has 0 heterocycles. The van der Waals surface area contributed by atoms with Gasteiger partial charge in [0.25, 0.3) is 0 Å². The van der Waals surface area contributed by atoms with Crippen LogP contribution in [0.2, 0.25) is 0 Å². The molecule has 3 N–H and O–H groups in total. The molecule has 100 valence electrons. The fraction of sp³-hybridized carbons (Fsp3) is 0.500. The number of nitrogens with zero attached hydrogens (tertiary/aromatic N) is 1. The van der Waals surface area contributed by atoms with Crippen LogP contribution in [0, 0.1) is 6.92 Å². The van der Waals surface area contributed by atoms with Gasteiger partial charge < -0.3 is 15.7 Å². The predicted octanol–water partition coefficient (Wildman–Crippen LogP) is 2.23. The molecule has 0 aromatic heterocycles. The van der Waals surface area contributed by atoms with Crippen LogP contribution in [-0.4, -0.2) is 29.3 Å². The second-order valence-corrected chi connectivity index (χ2v) is 5.17. The van der Waals surface area contributed by atoms with Crippen LogP contribution in [0.4, 0.5) is 5.69 Å². The van der Waals surface area contributed by atoms with E-state index < -0.39 is 0 Å². The fourth-order valence-corrected chi connectivity index (χ4v) is 2.26. The molecule has 0 aliphatic carbocycles. The van der Waals surface area contributed by atoms with E-state index in [4.69, 9.17) is 23.1 Å². The Morgan fingerprint density at radius 2 is 2.11 bits per heavy atom. The molecule has 4 heteroatoms. The number of aliphatic hydroxyl groups is 1. The van der Waals surface area contributed by atoms with Crippen LogP contribution < -0.4 is 10.6 Å². The van der Waals surface area contributed by atoms with Crippen molar-refractivity contribution in [2.24, 2.45) is 5.73 Å². The normalized spacial score (nSPS) is 10.7. The molecular weight excluding hydrogens is 244 g/mol. The lowest BCUT2D eigenvalue weighted by molar-refractivity contribution is 0.288. The molecule has 0 saturated heterocycles. The van der Waals surface area contributed by atoms with Gasteiger partial charge in [0.2, 0.25) is 0 Å². The monoisotopic (exact) mass is 266 g/mol. The van der Waals surface area contributed by atoms with Gasteiger partial charge in [0.1, 0.15) is 4.99 Å². The van der Waals surface area contributed by atoms with Crippen molar-refractivity contribution in [3.05, 3.63) is 29.3 Å². The first-order chi connectivity index (χ1) is 8.47. The molecule has 0 amide bonds. The molecule has 0 bridgehead atoms. The summed E-state index contributed by atoms with van der Waals surface area (Å²) in [7, 11) is 0. The van der Waals surface area contributed by atoms with Gasteiger partial charge in [0, 0.05) is 30.4 Å². The third-order valence-corrected chi connectivity index (χ3v) is 3.21. The Kier molecular flexibility index (Phi) is 5.56. The number of nitrogens with two attached hydrogens (primary N) is 1. The highest BCUT2D eigenvalue weighted by Crippen LogP contribution is 2.21. The van der Waals surface area contributed by atoms with E-state index in [1.54, 1.807) is 0 Å². The second-order valence-electron chi connectivity index (χ2n) is 4.73. The minimum Gasteiger partial charge on any atom is -0.396 e.